The second-order valence-electron chi connectivity index (χ2n) is 12.1. The molecular weight excluding hydrogens is 536 g/mol. The van der Waals surface area contributed by atoms with Crippen LogP contribution >= 0.6 is 0 Å². The van der Waals surface area contributed by atoms with Gasteiger partial charge in [-0.25, -0.2) is 19.7 Å². The summed E-state index contributed by atoms with van der Waals surface area (Å²) in [4.78, 5) is 39.3. The number of pyridine rings is 3. The van der Waals surface area contributed by atoms with Gasteiger partial charge in [0.2, 0.25) is 5.88 Å². The number of aldehydes is 1. The van der Waals surface area contributed by atoms with Crippen molar-refractivity contribution >= 4 is 34.7 Å². The van der Waals surface area contributed by atoms with Gasteiger partial charge in [0.25, 0.3) is 0 Å². The van der Waals surface area contributed by atoms with E-state index in [1.807, 2.05) is 33.8 Å². The first kappa shape index (κ1) is 29.8. The van der Waals surface area contributed by atoms with Crippen LogP contribution in [0.4, 0.5) is 11.6 Å². The smallest absolute Gasteiger partial charge is 0.340 e. The SMILES string of the molecule is CC(N)c1cnc(OC2CC(C=O)C2)c2cnc(Nc3ccc4c(n3)C(C)C(C)(C)OC4=O)cc12.COC1CN(C)C1. The maximum atomic E-state index is 12.4. The van der Waals surface area contributed by atoms with Crippen LogP contribution in [0.2, 0.25) is 0 Å². The molecule has 3 N–H and O–H groups in total. The van der Waals surface area contributed by atoms with Crippen LogP contribution in [0, 0.1) is 5.92 Å². The number of fused-ring (bicyclic) bond motifs is 2. The van der Waals surface area contributed by atoms with Crippen LogP contribution in [0.3, 0.4) is 0 Å². The van der Waals surface area contributed by atoms with Gasteiger partial charge in [0.15, 0.2) is 0 Å². The van der Waals surface area contributed by atoms with Crippen molar-refractivity contribution in [1.29, 1.82) is 0 Å². The molecule has 3 aromatic rings. The number of likely N-dealkylation sites (tertiary alicyclic amines) is 1. The Hall–Kier alpha value is -3.67. The average Bonchev–Trinajstić information content (AvgIpc) is 2.91. The molecule has 3 aromatic heterocycles. The first-order valence-electron chi connectivity index (χ1n) is 14.4. The lowest BCUT2D eigenvalue weighted by Gasteiger charge is -2.36. The van der Waals surface area contributed by atoms with Gasteiger partial charge in [-0.05, 0) is 69.8 Å². The lowest BCUT2D eigenvalue weighted by molar-refractivity contribution is -0.116. The maximum absolute atomic E-state index is 12.4. The lowest BCUT2D eigenvalue weighted by Crippen LogP contribution is -2.48. The summed E-state index contributed by atoms with van der Waals surface area (Å²) in [5.41, 5.74) is 7.63. The van der Waals surface area contributed by atoms with Gasteiger partial charge in [-0.2, -0.15) is 0 Å². The molecule has 5 heterocycles. The van der Waals surface area contributed by atoms with Gasteiger partial charge < -0.3 is 35.0 Å². The highest BCUT2D eigenvalue weighted by atomic mass is 16.6. The number of hydrogen-bond acceptors (Lipinski definition) is 11. The van der Waals surface area contributed by atoms with E-state index in [4.69, 9.17) is 24.9 Å². The molecular formula is C31H40N6O5. The van der Waals surface area contributed by atoms with Crippen LogP contribution in [0.25, 0.3) is 10.8 Å². The lowest BCUT2D eigenvalue weighted by atomic mass is 9.83. The third-order valence-corrected chi connectivity index (χ3v) is 8.43. The number of ether oxygens (including phenoxy) is 3. The predicted octanol–water partition coefficient (Wildman–Crippen LogP) is 4.14. The number of methoxy groups -OCH3 is 1. The zero-order valence-electron chi connectivity index (χ0n) is 25.1. The number of aromatic nitrogens is 3. The van der Waals surface area contributed by atoms with Gasteiger partial charge in [0.1, 0.15) is 29.6 Å². The van der Waals surface area contributed by atoms with Crippen molar-refractivity contribution in [2.45, 2.75) is 70.3 Å². The van der Waals surface area contributed by atoms with Gasteiger partial charge in [-0.15, -0.1) is 0 Å². The fourth-order valence-electron chi connectivity index (χ4n) is 5.31. The van der Waals surface area contributed by atoms with Crippen LogP contribution in [-0.2, 0) is 14.3 Å². The molecule has 0 radical (unpaired) electrons. The van der Waals surface area contributed by atoms with Crippen molar-refractivity contribution in [2.75, 3.05) is 32.6 Å². The molecule has 2 atom stereocenters. The van der Waals surface area contributed by atoms with Crippen molar-refractivity contribution in [1.82, 2.24) is 19.9 Å². The van der Waals surface area contributed by atoms with Crippen molar-refractivity contribution in [3.05, 3.63) is 47.4 Å². The second kappa shape index (κ2) is 11.9. The Morgan fingerprint density at radius 1 is 1.14 bits per heavy atom. The first-order chi connectivity index (χ1) is 20.0. The van der Waals surface area contributed by atoms with E-state index < -0.39 is 5.60 Å². The van der Waals surface area contributed by atoms with E-state index in [0.717, 1.165) is 35.7 Å². The Morgan fingerprint density at radius 3 is 2.50 bits per heavy atom. The number of nitrogens with one attached hydrogen (secondary N) is 1. The Bertz CT molecular complexity index is 1470. The van der Waals surface area contributed by atoms with Gasteiger partial charge >= 0.3 is 5.97 Å². The highest BCUT2D eigenvalue weighted by molar-refractivity contribution is 5.93. The Kier molecular flexibility index (Phi) is 8.45. The van der Waals surface area contributed by atoms with E-state index in [2.05, 4.69) is 27.2 Å². The summed E-state index contributed by atoms with van der Waals surface area (Å²) in [5, 5.41) is 4.90. The molecule has 11 nitrogen and oxygen atoms in total. The molecule has 0 amide bonds. The number of carbonyl (C=O) groups is 2. The second-order valence-corrected chi connectivity index (χ2v) is 12.1. The fourth-order valence-corrected chi connectivity index (χ4v) is 5.31. The highest BCUT2D eigenvalue weighted by Gasteiger charge is 2.40. The molecule has 1 aliphatic carbocycles. The van der Waals surface area contributed by atoms with Crippen LogP contribution in [0.15, 0.2) is 30.6 Å². The highest BCUT2D eigenvalue weighted by Crippen LogP contribution is 2.38. The van der Waals surface area contributed by atoms with Crippen molar-refractivity contribution < 1.29 is 23.8 Å². The summed E-state index contributed by atoms with van der Waals surface area (Å²) in [6.07, 6.45) is 6.30. The predicted molar refractivity (Wildman–Crippen MR) is 159 cm³/mol. The summed E-state index contributed by atoms with van der Waals surface area (Å²) >= 11 is 0. The molecule has 3 aliphatic rings. The van der Waals surface area contributed by atoms with Crippen molar-refractivity contribution in [3.8, 4) is 5.88 Å². The molecule has 0 aromatic carbocycles. The third kappa shape index (κ3) is 6.08. The molecule has 11 heteroatoms. The molecule has 2 aliphatic heterocycles. The van der Waals surface area contributed by atoms with E-state index in [1.54, 1.807) is 31.6 Å². The van der Waals surface area contributed by atoms with E-state index in [1.165, 1.54) is 0 Å². The number of carbonyl (C=O) groups excluding carboxylic acids is 2. The van der Waals surface area contributed by atoms with E-state index in [-0.39, 0.29) is 30.0 Å². The Labute approximate surface area is 246 Å². The van der Waals surface area contributed by atoms with Crippen LogP contribution in [0.1, 0.15) is 74.1 Å². The quantitative estimate of drug-likeness (QED) is 0.309. The number of likely N-dealkylation sites (N-methyl/N-ethyl adjacent to an activating group) is 1. The molecule has 2 fully saturated rings. The average molecular weight is 577 g/mol. The van der Waals surface area contributed by atoms with Gasteiger partial charge in [-0.3, -0.25) is 0 Å². The summed E-state index contributed by atoms with van der Waals surface area (Å²) in [5.74, 6) is 1.28. The summed E-state index contributed by atoms with van der Waals surface area (Å²) < 4.78 is 16.6. The normalized spacial score (nSPS) is 23.8. The molecule has 0 bridgehead atoms. The number of cyclic esters (lactones) is 1. The monoisotopic (exact) mass is 576 g/mol. The Morgan fingerprint density at radius 2 is 1.88 bits per heavy atom. The minimum atomic E-state index is -0.640. The largest absolute Gasteiger partial charge is 0.474 e. The standard InChI is InChI=1S/C26H29N5O4.C5H11NO/c1-13-23-17(25(33)35-26(13,3)4)5-6-21(31-23)30-22-9-18-19(14(2)27)10-29-24(20(18)11-28-22)34-16-7-15(8-16)12-32;1-6-3-5(4-6)7-2/h5-6,9-16H,7-8,27H2,1-4H3,(H,28,30,31);5H,3-4H2,1-2H3. The van der Waals surface area contributed by atoms with E-state index >= 15 is 0 Å². The number of esters is 1. The molecule has 1 saturated heterocycles. The molecule has 0 spiro atoms. The molecule has 42 heavy (non-hydrogen) atoms. The number of nitrogens with two attached hydrogens (primary N) is 1. The minimum Gasteiger partial charge on any atom is -0.474 e. The number of rotatable bonds is 7. The summed E-state index contributed by atoms with van der Waals surface area (Å²) in [6.45, 7) is 9.89. The van der Waals surface area contributed by atoms with Crippen LogP contribution < -0.4 is 15.8 Å². The Balaban J connectivity index is 0.000000442. The van der Waals surface area contributed by atoms with Crippen LogP contribution in [-0.4, -0.2) is 77.2 Å². The fraction of sp³-hybridized carbons (Fsp3) is 0.516. The van der Waals surface area contributed by atoms with E-state index in [0.29, 0.717) is 47.7 Å². The van der Waals surface area contributed by atoms with Crippen molar-refractivity contribution in [2.24, 2.45) is 11.7 Å². The topological polar surface area (TPSA) is 142 Å². The van der Waals surface area contributed by atoms with Gasteiger partial charge in [0, 0.05) is 50.5 Å². The van der Waals surface area contributed by atoms with E-state index in [9.17, 15) is 9.59 Å². The molecule has 6 rings (SSSR count). The number of anilines is 2. The number of hydrogen-bond donors (Lipinski definition) is 2. The van der Waals surface area contributed by atoms with Gasteiger partial charge in [-0.1, -0.05) is 6.92 Å². The first-order valence-corrected chi connectivity index (χ1v) is 14.4. The minimum absolute atomic E-state index is 0.0301. The molecule has 1 saturated carbocycles. The third-order valence-electron chi connectivity index (χ3n) is 8.43. The van der Waals surface area contributed by atoms with Gasteiger partial charge in [0.05, 0.1) is 22.7 Å². The maximum Gasteiger partial charge on any atom is 0.340 e. The van der Waals surface area contributed by atoms with Crippen LogP contribution in [0.5, 0.6) is 5.88 Å². The molecule has 2 unspecified atom stereocenters. The molecule has 224 valence electrons. The summed E-state index contributed by atoms with van der Waals surface area (Å²) in [7, 11) is 3.85. The van der Waals surface area contributed by atoms with Crippen molar-refractivity contribution in [3.63, 3.8) is 0 Å². The zero-order chi connectivity index (χ0) is 30.2. The zero-order valence-corrected chi connectivity index (χ0v) is 25.1. The summed E-state index contributed by atoms with van der Waals surface area (Å²) in [6, 6.07) is 5.13. The number of nitrogens with zero attached hydrogens (tertiary/aromatic N) is 4.